The molecule has 0 bridgehead atoms. The number of furan rings is 1. The van der Waals surface area contributed by atoms with Crippen molar-refractivity contribution in [3.63, 3.8) is 0 Å². The van der Waals surface area contributed by atoms with E-state index in [-0.39, 0.29) is 24.2 Å². The number of amides is 2. The summed E-state index contributed by atoms with van der Waals surface area (Å²) in [6.45, 7) is 0.844. The minimum absolute atomic E-state index is 0.0960. The molecule has 1 N–H and O–H groups in total. The Morgan fingerprint density at radius 2 is 1.77 bits per heavy atom. The van der Waals surface area contributed by atoms with Crippen molar-refractivity contribution in [1.29, 1.82) is 0 Å². The smallest absolute Gasteiger partial charge is 0.262 e. The van der Waals surface area contributed by atoms with Crippen molar-refractivity contribution >= 4 is 17.5 Å². The number of para-hydroxylation sites is 1. The zero-order valence-corrected chi connectivity index (χ0v) is 18.9. The van der Waals surface area contributed by atoms with Gasteiger partial charge in [0.15, 0.2) is 6.61 Å². The number of rotatable bonds is 6. The van der Waals surface area contributed by atoms with Crippen LogP contribution in [0.5, 0.6) is 5.75 Å². The quantitative estimate of drug-likeness (QED) is 0.415. The number of fused-ring (bicyclic) bond motifs is 1. The molecule has 5 rings (SSSR count). The highest BCUT2D eigenvalue weighted by Crippen LogP contribution is 2.31. The SMILES string of the molecule is O=C(COc1ccccc1)Nc1cccc(-c2cc3c(o2)CCN(C(=O)c2ccc(F)cc2)C3)c1. The molecule has 6 nitrogen and oxygen atoms in total. The molecule has 1 aliphatic rings. The fourth-order valence-corrected chi connectivity index (χ4v) is 4.04. The maximum absolute atomic E-state index is 13.2. The average molecular weight is 471 g/mol. The number of anilines is 1. The van der Waals surface area contributed by atoms with Gasteiger partial charge in [0.05, 0.1) is 0 Å². The molecule has 1 aromatic heterocycles. The van der Waals surface area contributed by atoms with E-state index in [1.807, 2.05) is 42.5 Å². The molecule has 176 valence electrons. The highest BCUT2D eigenvalue weighted by atomic mass is 19.1. The zero-order chi connectivity index (χ0) is 24.2. The summed E-state index contributed by atoms with van der Waals surface area (Å²) in [7, 11) is 0. The predicted molar refractivity (Wildman–Crippen MR) is 130 cm³/mol. The first-order valence-electron chi connectivity index (χ1n) is 11.3. The number of halogens is 1. The fraction of sp³-hybridized carbons (Fsp3) is 0.143. The Kier molecular flexibility index (Phi) is 6.30. The van der Waals surface area contributed by atoms with Gasteiger partial charge in [-0.2, -0.15) is 0 Å². The molecule has 2 amide bonds. The molecule has 0 saturated carbocycles. The Morgan fingerprint density at radius 1 is 0.971 bits per heavy atom. The van der Waals surface area contributed by atoms with Gasteiger partial charge in [-0.15, -0.1) is 0 Å². The number of hydrogen-bond donors (Lipinski definition) is 1. The lowest BCUT2D eigenvalue weighted by Crippen LogP contribution is -2.35. The molecule has 0 unspecified atom stereocenters. The molecule has 0 radical (unpaired) electrons. The summed E-state index contributed by atoms with van der Waals surface area (Å²) in [5, 5.41) is 2.84. The molecule has 1 aliphatic heterocycles. The van der Waals surface area contributed by atoms with Gasteiger partial charge < -0.3 is 19.4 Å². The Balaban J connectivity index is 1.25. The van der Waals surface area contributed by atoms with Crippen LogP contribution in [0.3, 0.4) is 0 Å². The second kappa shape index (κ2) is 9.85. The highest BCUT2D eigenvalue weighted by molar-refractivity contribution is 5.94. The lowest BCUT2D eigenvalue weighted by atomic mass is 10.1. The van der Waals surface area contributed by atoms with E-state index in [2.05, 4.69) is 5.32 Å². The summed E-state index contributed by atoms with van der Waals surface area (Å²) in [6, 6.07) is 24.0. The topological polar surface area (TPSA) is 71.8 Å². The van der Waals surface area contributed by atoms with E-state index in [9.17, 15) is 14.0 Å². The van der Waals surface area contributed by atoms with Crippen molar-refractivity contribution in [2.24, 2.45) is 0 Å². The average Bonchev–Trinajstić information content (AvgIpc) is 3.32. The lowest BCUT2D eigenvalue weighted by Gasteiger charge is -2.26. The first kappa shape index (κ1) is 22.4. The number of hydrogen-bond acceptors (Lipinski definition) is 4. The molecule has 2 heterocycles. The van der Waals surface area contributed by atoms with Gasteiger partial charge in [0.1, 0.15) is 23.1 Å². The van der Waals surface area contributed by atoms with Crippen LogP contribution >= 0.6 is 0 Å². The molecule has 3 aromatic carbocycles. The fourth-order valence-electron chi connectivity index (χ4n) is 4.04. The number of carbonyl (C=O) groups is 2. The summed E-state index contributed by atoms with van der Waals surface area (Å²) in [4.78, 5) is 26.9. The van der Waals surface area contributed by atoms with Gasteiger partial charge >= 0.3 is 0 Å². The maximum Gasteiger partial charge on any atom is 0.262 e. The molecular formula is C28H23FN2O4. The van der Waals surface area contributed by atoms with E-state index in [1.165, 1.54) is 24.3 Å². The van der Waals surface area contributed by atoms with Crippen LogP contribution in [0, 0.1) is 5.82 Å². The van der Waals surface area contributed by atoms with Crippen molar-refractivity contribution in [3.8, 4) is 17.1 Å². The van der Waals surface area contributed by atoms with Crippen molar-refractivity contribution < 1.29 is 23.1 Å². The van der Waals surface area contributed by atoms with Crippen molar-refractivity contribution in [2.75, 3.05) is 18.5 Å². The third-order valence-corrected chi connectivity index (χ3v) is 5.79. The van der Waals surface area contributed by atoms with Gasteiger partial charge in [-0.3, -0.25) is 9.59 Å². The Labute approximate surface area is 201 Å². The Hall–Kier alpha value is -4.39. The van der Waals surface area contributed by atoms with Gasteiger partial charge in [-0.1, -0.05) is 30.3 Å². The van der Waals surface area contributed by atoms with Crippen LogP contribution in [-0.4, -0.2) is 29.9 Å². The second-order valence-corrected chi connectivity index (χ2v) is 8.27. The number of benzene rings is 3. The van der Waals surface area contributed by atoms with E-state index >= 15 is 0 Å². The molecule has 0 fully saturated rings. The van der Waals surface area contributed by atoms with Gasteiger partial charge in [0, 0.05) is 41.9 Å². The van der Waals surface area contributed by atoms with Crippen LogP contribution in [0.1, 0.15) is 21.7 Å². The van der Waals surface area contributed by atoms with E-state index < -0.39 is 0 Å². The van der Waals surface area contributed by atoms with Crippen LogP contribution in [0.2, 0.25) is 0 Å². The maximum atomic E-state index is 13.2. The largest absolute Gasteiger partial charge is 0.484 e. The molecule has 0 atom stereocenters. The van der Waals surface area contributed by atoms with Crippen LogP contribution in [0.15, 0.2) is 89.3 Å². The van der Waals surface area contributed by atoms with Crippen LogP contribution in [-0.2, 0) is 17.8 Å². The van der Waals surface area contributed by atoms with Gasteiger partial charge in [-0.05, 0) is 54.6 Å². The molecule has 0 saturated heterocycles. The number of nitrogens with one attached hydrogen (secondary N) is 1. The molecule has 0 aliphatic carbocycles. The van der Waals surface area contributed by atoms with Crippen molar-refractivity contribution in [3.05, 3.63) is 108 Å². The minimum atomic E-state index is -0.371. The van der Waals surface area contributed by atoms with E-state index in [1.54, 1.807) is 23.1 Å². The van der Waals surface area contributed by atoms with Crippen molar-refractivity contribution in [1.82, 2.24) is 4.90 Å². The van der Waals surface area contributed by atoms with Crippen LogP contribution in [0.25, 0.3) is 11.3 Å². The second-order valence-electron chi connectivity index (χ2n) is 8.27. The number of nitrogens with zero attached hydrogens (tertiary/aromatic N) is 1. The van der Waals surface area contributed by atoms with Gasteiger partial charge in [0.25, 0.3) is 11.8 Å². The predicted octanol–water partition coefficient (Wildman–Crippen LogP) is 5.30. The Morgan fingerprint density at radius 3 is 2.57 bits per heavy atom. The normalized spacial score (nSPS) is 12.7. The molecule has 4 aromatic rings. The summed E-state index contributed by atoms with van der Waals surface area (Å²) >= 11 is 0. The standard InChI is InChI=1S/C28H23FN2O4/c29-22-11-9-19(10-12-22)28(33)31-14-13-25-21(17-31)16-26(35-25)20-5-4-6-23(15-20)30-27(32)18-34-24-7-2-1-3-8-24/h1-12,15-16H,13-14,17-18H2,(H,30,32). The highest BCUT2D eigenvalue weighted by Gasteiger charge is 2.25. The molecule has 35 heavy (non-hydrogen) atoms. The minimum Gasteiger partial charge on any atom is -0.484 e. The van der Waals surface area contributed by atoms with Crippen molar-refractivity contribution in [2.45, 2.75) is 13.0 Å². The number of ether oxygens (including phenoxy) is 1. The molecular weight excluding hydrogens is 447 g/mol. The van der Waals surface area contributed by atoms with E-state index in [0.717, 1.165) is 16.9 Å². The van der Waals surface area contributed by atoms with E-state index in [4.69, 9.17) is 9.15 Å². The summed E-state index contributed by atoms with van der Waals surface area (Å²) in [5.41, 5.74) is 2.84. The lowest BCUT2D eigenvalue weighted by molar-refractivity contribution is -0.118. The van der Waals surface area contributed by atoms with E-state index in [0.29, 0.717) is 42.3 Å². The monoisotopic (exact) mass is 470 g/mol. The van der Waals surface area contributed by atoms with Gasteiger partial charge in [0.2, 0.25) is 0 Å². The zero-order valence-electron chi connectivity index (χ0n) is 18.9. The summed E-state index contributed by atoms with van der Waals surface area (Å²) in [5.74, 6) is 1.37. The Bertz CT molecular complexity index is 1350. The summed E-state index contributed by atoms with van der Waals surface area (Å²) in [6.07, 6.45) is 0.593. The summed E-state index contributed by atoms with van der Waals surface area (Å²) < 4.78 is 24.8. The van der Waals surface area contributed by atoms with Crippen LogP contribution in [0.4, 0.5) is 10.1 Å². The molecule has 7 heteroatoms. The van der Waals surface area contributed by atoms with Gasteiger partial charge in [-0.25, -0.2) is 4.39 Å². The number of carbonyl (C=O) groups excluding carboxylic acids is 2. The first-order valence-corrected chi connectivity index (χ1v) is 11.3. The first-order chi connectivity index (χ1) is 17.0. The third kappa shape index (κ3) is 5.24. The molecule has 0 spiro atoms. The third-order valence-electron chi connectivity index (χ3n) is 5.79. The van der Waals surface area contributed by atoms with Crippen LogP contribution < -0.4 is 10.1 Å².